The minimum absolute atomic E-state index is 0.104. The Morgan fingerprint density at radius 3 is 2.78 bits per heavy atom. The number of thioether (sulfide) groups is 1. The zero-order chi connectivity index (χ0) is 16.7. The minimum Gasteiger partial charge on any atom is -0.344 e. The number of nitrogens with one attached hydrogen (secondary N) is 1. The zero-order valence-corrected chi connectivity index (χ0v) is 14.1. The van der Waals surface area contributed by atoms with Gasteiger partial charge in [0.1, 0.15) is 0 Å². The molecule has 5 nitrogen and oxygen atoms in total. The van der Waals surface area contributed by atoms with Gasteiger partial charge in [-0.15, -0.1) is 16.6 Å². The molecule has 0 saturated heterocycles. The molecular weight excluding hydrogens is 308 g/mol. The van der Waals surface area contributed by atoms with Gasteiger partial charge >= 0.3 is 0 Å². The van der Waals surface area contributed by atoms with E-state index >= 15 is 0 Å². The summed E-state index contributed by atoms with van der Waals surface area (Å²) in [5.41, 5.74) is 1.02. The number of benzene rings is 1. The summed E-state index contributed by atoms with van der Waals surface area (Å²) in [6.45, 7) is 4.48. The van der Waals surface area contributed by atoms with Gasteiger partial charge in [-0.2, -0.15) is 0 Å². The van der Waals surface area contributed by atoms with E-state index < -0.39 is 0 Å². The summed E-state index contributed by atoms with van der Waals surface area (Å²) in [5.74, 6) is 3.38. The van der Waals surface area contributed by atoms with E-state index in [4.69, 9.17) is 6.42 Å². The number of rotatable bonds is 7. The summed E-state index contributed by atoms with van der Waals surface area (Å²) < 4.78 is 2.09. The van der Waals surface area contributed by atoms with Crippen LogP contribution in [-0.2, 0) is 4.79 Å². The Labute approximate surface area is 140 Å². The van der Waals surface area contributed by atoms with E-state index in [1.807, 2.05) is 30.3 Å². The van der Waals surface area contributed by atoms with Crippen molar-refractivity contribution in [1.82, 2.24) is 20.1 Å². The van der Waals surface area contributed by atoms with Gasteiger partial charge < -0.3 is 5.32 Å². The molecule has 23 heavy (non-hydrogen) atoms. The third-order valence-corrected chi connectivity index (χ3v) is 4.39. The highest BCUT2D eigenvalue weighted by molar-refractivity contribution is 7.99. The number of hydrogen-bond acceptors (Lipinski definition) is 4. The van der Waals surface area contributed by atoms with E-state index in [9.17, 15) is 4.79 Å². The highest BCUT2D eigenvalue weighted by Gasteiger charge is 2.18. The lowest BCUT2D eigenvalue weighted by Crippen LogP contribution is -2.25. The third-order valence-electron chi connectivity index (χ3n) is 3.45. The average molecular weight is 328 g/mol. The Hall–Kier alpha value is -2.26. The van der Waals surface area contributed by atoms with Crippen molar-refractivity contribution < 1.29 is 4.79 Å². The first-order chi connectivity index (χ1) is 11.2. The number of hydrogen-bond donors (Lipinski definition) is 1. The molecule has 0 aliphatic heterocycles. The molecule has 1 heterocycles. The van der Waals surface area contributed by atoms with Crippen molar-refractivity contribution in [2.24, 2.45) is 0 Å². The summed E-state index contributed by atoms with van der Waals surface area (Å²) in [7, 11) is 0. The fourth-order valence-electron chi connectivity index (χ4n) is 2.07. The minimum atomic E-state index is -0.104. The maximum Gasteiger partial charge on any atom is 0.231 e. The van der Waals surface area contributed by atoms with Crippen molar-refractivity contribution in [3.8, 4) is 23.7 Å². The molecule has 0 saturated carbocycles. The van der Waals surface area contributed by atoms with Crippen LogP contribution in [0.1, 0.15) is 26.3 Å². The van der Waals surface area contributed by atoms with Crippen LogP contribution in [0.3, 0.4) is 0 Å². The fourth-order valence-corrected chi connectivity index (χ4v) is 2.94. The van der Waals surface area contributed by atoms with Gasteiger partial charge in [0.2, 0.25) is 5.91 Å². The van der Waals surface area contributed by atoms with Crippen LogP contribution in [-0.4, -0.2) is 33.0 Å². The molecule has 1 unspecified atom stereocenters. The van der Waals surface area contributed by atoms with Crippen LogP contribution in [0.15, 0.2) is 35.5 Å². The number of aromatic nitrogens is 3. The second kappa shape index (κ2) is 8.39. The van der Waals surface area contributed by atoms with E-state index in [1.165, 1.54) is 11.8 Å². The monoisotopic (exact) mass is 328 g/mol. The highest BCUT2D eigenvalue weighted by Crippen LogP contribution is 2.28. The summed E-state index contributed by atoms with van der Waals surface area (Å²) in [6, 6.07) is 10.2. The molecule has 0 fully saturated rings. The number of nitrogens with zero attached hydrogens (tertiary/aromatic N) is 3. The second-order valence-corrected chi connectivity index (χ2v) is 6.01. The molecule has 0 spiro atoms. The third kappa shape index (κ3) is 4.36. The first-order valence-electron chi connectivity index (χ1n) is 7.50. The van der Waals surface area contributed by atoms with Gasteiger partial charge in [-0.3, -0.25) is 9.36 Å². The zero-order valence-electron chi connectivity index (χ0n) is 13.3. The Morgan fingerprint density at radius 1 is 1.39 bits per heavy atom. The van der Waals surface area contributed by atoms with E-state index in [-0.39, 0.29) is 24.2 Å². The van der Waals surface area contributed by atoms with Crippen LogP contribution in [0.25, 0.3) is 11.4 Å². The van der Waals surface area contributed by atoms with Gasteiger partial charge in [0.05, 0.1) is 12.3 Å². The van der Waals surface area contributed by atoms with Crippen LogP contribution < -0.4 is 5.32 Å². The normalized spacial score (nSPS) is 11.7. The molecule has 1 aromatic carbocycles. The molecule has 1 amide bonds. The molecule has 120 valence electrons. The predicted octanol–water partition coefficient (Wildman–Crippen LogP) is 2.76. The number of carbonyl (C=O) groups excluding carboxylic acids is 1. The SMILES string of the molecule is C#CCNC(=O)CSc1nnc(-c2ccccc2)n1C(C)CC. The number of carbonyl (C=O) groups is 1. The van der Waals surface area contributed by atoms with Crippen LogP contribution in [0.2, 0.25) is 0 Å². The van der Waals surface area contributed by atoms with E-state index in [2.05, 4.69) is 39.8 Å². The van der Waals surface area contributed by atoms with Crippen LogP contribution in [0.5, 0.6) is 0 Å². The number of amides is 1. The van der Waals surface area contributed by atoms with Gasteiger partial charge in [-0.05, 0) is 13.3 Å². The lowest BCUT2D eigenvalue weighted by molar-refractivity contribution is -0.118. The molecule has 0 aliphatic rings. The Bertz CT molecular complexity index is 690. The highest BCUT2D eigenvalue weighted by atomic mass is 32.2. The summed E-state index contributed by atoms with van der Waals surface area (Å²) in [4.78, 5) is 11.7. The molecule has 1 N–H and O–H groups in total. The van der Waals surface area contributed by atoms with Gasteiger partial charge in [-0.1, -0.05) is 54.9 Å². The Kier molecular flexibility index (Phi) is 6.24. The van der Waals surface area contributed by atoms with Crippen molar-refractivity contribution >= 4 is 17.7 Å². The van der Waals surface area contributed by atoms with Crippen molar-refractivity contribution in [2.75, 3.05) is 12.3 Å². The molecule has 2 aromatic rings. The van der Waals surface area contributed by atoms with Gasteiger partial charge in [0.25, 0.3) is 0 Å². The smallest absolute Gasteiger partial charge is 0.231 e. The van der Waals surface area contributed by atoms with E-state index in [0.29, 0.717) is 0 Å². The lowest BCUT2D eigenvalue weighted by Gasteiger charge is -2.16. The van der Waals surface area contributed by atoms with E-state index in [0.717, 1.165) is 23.0 Å². The topological polar surface area (TPSA) is 59.8 Å². The molecule has 2 rings (SSSR count). The first-order valence-corrected chi connectivity index (χ1v) is 8.49. The number of terminal acetylenes is 1. The molecular formula is C17H20N4OS. The molecule has 1 aromatic heterocycles. The summed E-state index contributed by atoms with van der Waals surface area (Å²) in [5, 5.41) is 12.0. The Balaban J connectivity index is 2.22. The van der Waals surface area contributed by atoms with Gasteiger partial charge in [0.15, 0.2) is 11.0 Å². The second-order valence-electron chi connectivity index (χ2n) is 5.07. The quantitative estimate of drug-likeness (QED) is 0.627. The van der Waals surface area contributed by atoms with Gasteiger partial charge in [-0.25, -0.2) is 0 Å². The van der Waals surface area contributed by atoms with Crippen molar-refractivity contribution in [1.29, 1.82) is 0 Å². The van der Waals surface area contributed by atoms with Crippen molar-refractivity contribution in [3.05, 3.63) is 30.3 Å². The fraction of sp³-hybridized carbons (Fsp3) is 0.353. The van der Waals surface area contributed by atoms with E-state index in [1.54, 1.807) is 0 Å². The summed E-state index contributed by atoms with van der Waals surface area (Å²) >= 11 is 1.37. The van der Waals surface area contributed by atoms with Crippen LogP contribution in [0, 0.1) is 12.3 Å². The molecule has 0 aliphatic carbocycles. The maximum atomic E-state index is 11.7. The van der Waals surface area contributed by atoms with Crippen molar-refractivity contribution in [3.63, 3.8) is 0 Å². The van der Waals surface area contributed by atoms with Gasteiger partial charge in [0, 0.05) is 11.6 Å². The molecule has 0 bridgehead atoms. The van der Waals surface area contributed by atoms with Crippen molar-refractivity contribution in [2.45, 2.75) is 31.5 Å². The predicted molar refractivity (Wildman–Crippen MR) is 93.0 cm³/mol. The van der Waals surface area contributed by atoms with Crippen LogP contribution >= 0.6 is 11.8 Å². The average Bonchev–Trinajstić information content (AvgIpc) is 3.02. The Morgan fingerprint density at radius 2 is 2.13 bits per heavy atom. The lowest BCUT2D eigenvalue weighted by atomic mass is 10.2. The standard InChI is InChI=1S/C17H20N4OS/c1-4-11-18-15(22)12-23-17-20-19-16(21(17)13(3)5-2)14-9-7-6-8-10-14/h1,6-10,13H,5,11-12H2,2-3H3,(H,18,22). The van der Waals surface area contributed by atoms with Crippen LogP contribution in [0.4, 0.5) is 0 Å². The first kappa shape index (κ1) is 17.1. The molecule has 0 radical (unpaired) electrons. The summed E-state index contributed by atoms with van der Waals surface area (Å²) in [6.07, 6.45) is 6.09. The molecule has 6 heteroatoms. The maximum absolute atomic E-state index is 11.7. The molecule has 1 atom stereocenters. The largest absolute Gasteiger partial charge is 0.344 e.